The molecule has 3 heteroatoms. The predicted octanol–water partition coefficient (Wildman–Crippen LogP) is 2.98. The molecule has 0 saturated heterocycles. The first-order valence-corrected chi connectivity index (χ1v) is 5.95. The standard InChI is InChI=1S/C15H16BNO/c1-11-6-5-8-14(12(11)2)17-10-13-7-3-4-9-15(13)18-16/h3-10H,16H2,1-2H3/b17-10+. The molecule has 2 aromatic rings. The van der Waals surface area contributed by atoms with E-state index in [1.807, 2.05) is 42.6 Å². The number of hydrogen-bond acceptors (Lipinski definition) is 2. The average molecular weight is 237 g/mol. The second kappa shape index (κ2) is 5.54. The van der Waals surface area contributed by atoms with Crippen LogP contribution in [0, 0.1) is 13.8 Å². The van der Waals surface area contributed by atoms with E-state index in [9.17, 15) is 0 Å². The van der Waals surface area contributed by atoms with E-state index in [0.717, 1.165) is 17.0 Å². The number of para-hydroxylation sites is 1. The molecule has 0 spiro atoms. The Kier molecular flexibility index (Phi) is 3.83. The molecular formula is C15H16BNO. The van der Waals surface area contributed by atoms with Crippen molar-refractivity contribution < 1.29 is 4.65 Å². The fourth-order valence-electron chi connectivity index (χ4n) is 1.79. The lowest BCUT2D eigenvalue weighted by Gasteiger charge is -2.05. The van der Waals surface area contributed by atoms with Gasteiger partial charge in [-0.1, -0.05) is 24.3 Å². The molecule has 0 saturated carbocycles. The Labute approximate surface area is 109 Å². The number of nitrogens with zero attached hydrogens (tertiary/aromatic N) is 1. The zero-order chi connectivity index (χ0) is 13.0. The van der Waals surface area contributed by atoms with Crippen molar-refractivity contribution in [2.75, 3.05) is 0 Å². The van der Waals surface area contributed by atoms with Gasteiger partial charge in [0.2, 0.25) is 0 Å². The first-order valence-electron chi connectivity index (χ1n) is 5.95. The smallest absolute Gasteiger partial charge is 0.322 e. The molecule has 90 valence electrons. The van der Waals surface area contributed by atoms with Crippen molar-refractivity contribution in [2.24, 2.45) is 4.99 Å². The van der Waals surface area contributed by atoms with Gasteiger partial charge >= 0.3 is 8.05 Å². The van der Waals surface area contributed by atoms with E-state index in [-0.39, 0.29) is 0 Å². The second-order valence-electron chi connectivity index (χ2n) is 4.22. The summed E-state index contributed by atoms with van der Waals surface area (Å²) in [5, 5.41) is 0. The zero-order valence-corrected chi connectivity index (χ0v) is 11.0. The number of aliphatic imine (C=N–C) groups is 1. The Morgan fingerprint density at radius 1 is 1.06 bits per heavy atom. The van der Waals surface area contributed by atoms with Gasteiger partial charge in [0, 0.05) is 11.8 Å². The van der Waals surface area contributed by atoms with Gasteiger partial charge in [-0.05, 0) is 43.2 Å². The first-order chi connectivity index (χ1) is 8.72. The van der Waals surface area contributed by atoms with E-state index in [1.165, 1.54) is 11.1 Å². The number of hydrogen-bond donors (Lipinski definition) is 0. The Bertz CT molecular complexity index is 578. The molecule has 18 heavy (non-hydrogen) atoms. The van der Waals surface area contributed by atoms with E-state index in [1.54, 1.807) is 8.05 Å². The molecule has 0 heterocycles. The fourth-order valence-corrected chi connectivity index (χ4v) is 1.79. The summed E-state index contributed by atoms with van der Waals surface area (Å²) >= 11 is 0. The van der Waals surface area contributed by atoms with Gasteiger partial charge in [-0.15, -0.1) is 0 Å². The topological polar surface area (TPSA) is 21.6 Å². The van der Waals surface area contributed by atoms with E-state index >= 15 is 0 Å². The average Bonchev–Trinajstić information content (AvgIpc) is 2.41. The van der Waals surface area contributed by atoms with Crippen LogP contribution in [-0.2, 0) is 0 Å². The van der Waals surface area contributed by atoms with E-state index < -0.39 is 0 Å². The van der Waals surface area contributed by atoms with Crippen molar-refractivity contribution in [3.63, 3.8) is 0 Å². The van der Waals surface area contributed by atoms with Gasteiger partial charge in [0.05, 0.1) is 5.69 Å². The van der Waals surface area contributed by atoms with Gasteiger partial charge in [-0.3, -0.25) is 4.99 Å². The summed E-state index contributed by atoms with van der Waals surface area (Å²) in [6.45, 7) is 4.18. The largest absolute Gasteiger partial charge is 0.567 e. The van der Waals surface area contributed by atoms with Crippen LogP contribution in [0.4, 0.5) is 5.69 Å². The van der Waals surface area contributed by atoms with Crippen molar-refractivity contribution in [2.45, 2.75) is 13.8 Å². The van der Waals surface area contributed by atoms with Crippen LogP contribution < -0.4 is 4.65 Å². The van der Waals surface area contributed by atoms with Gasteiger partial charge in [0.15, 0.2) is 0 Å². The monoisotopic (exact) mass is 237 g/mol. The minimum absolute atomic E-state index is 0.839. The highest BCUT2D eigenvalue weighted by molar-refractivity contribution is 6.01. The Morgan fingerprint density at radius 2 is 1.83 bits per heavy atom. The summed E-state index contributed by atoms with van der Waals surface area (Å²) in [6, 6.07) is 14.0. The Morgan fingerprint density at radius 3 is 2.61 bits per heavy atom. The molecular weight excluding hydrogens is 221 g/mol. The van der Waals surface area contributed by atoms with Crippen LogP contribution in [-0.4, -0.2) is 14.3 Å². The summed E-state index contributed by atoms with van der Waals surface area (Å²) < 4.78 is 5.30. The molecule has 2 nitrogen and oxygen atoms in total. The summed E-state index contributed by atoms with van der Waals surface area (Å²) in [6.07, 6.45) is 1.85. The van der Waals surface area contributed by atoms with Crippen molar-refractivity contribution in [3.8, 4) is 5.75 Å². The molecule has 0 aliphatic heterocycles. The maximum absolute atomic E-state index is 5.30. The van der Waals surface area contributed by atoms with Crippen LogP contribution in [0.15, 0.2) is 47.5 Å². The van der Waals surface area contributed by atoms with Gasteiger partial charge in [-0.2, -0.15) is 0 Å². The molecule has 0 radical (unpaired) electrons. The third-order valence-corrected chi connectivity index (χ3v) is 3.06. The molecule has 0 unspecified atom stereocenters. The van der Waals surface area contributed by atoms with Gasteiger partial charge in [0.1, 0.15) is 5.75 Å². The molecule has 0 N–H and O–H groups in total. The van der Waals surface area contributed by atoms with E-state index in [2.05, 4.69) is 24.9 Å². The van der Waals surface area contributed by atoms with Gasteiger partial charge in [0.25, 0.3) is 0 Å². The zero-order valence-electron chi connectivity index (χ0n) is 11.0. The minimum Gasteiger partial charge on any atom is -0.567 e. The maximum Gasteiger partial charge on any atom is 0.322 e. The molecule has 2 rings (SSSR count). The fraction of sp³-hybridized carbons (Fsp3) is 0.133. The number of rotatable bonds is 3. The highest BCUT2D eigenvalue weighted by Gasteiger charge is 2.00. The molecule has 0 aliphatic carbocycles. The lowest BCUT2D eigenvalue weighted by atomic mass is 10.1. The summed E-state index contributed by atoms with van der Waals surface area (Å²) in [4.78, 5) is 4.54. The predicted molar refractivity (Wildman–Crippen MR) is 78.8 cm³/mol. The van der Waals surface area contributed by atoms with E-state index in [4.69, 9.17) is 4.65 Å². The van der Waals surface area contributed by atoms with Crippen LogP contribution in [0.2, 0.25) is 0 Å². The van der Waals surface area contributed by atoms with Crippen molar-refractivity contribution in [3.05, 3.63) is 59.2 Å². The molecule has 0 aromatic heterocycles. The lowest BCUT2D eigenvalue weighted by Crippen LogP contribution is -1.91. The molecule has 2 aromatic carbocycles. The van der Waals surface area contributed by atoms with Crippen LogP contribution in [0.25, 0.3) is 0 Å². The van der Waals surface area contributed by atoms with Gasteiger partial charge < -0.3 is 4.65 Å². The van der Waals surface area contributed by atoms with Crippen molar-refractivity contribution >= 4 is 20.0 Å². The van der Waals surface area contributed by atoms with Gasteiger partial charge in [-0.25, -0.2) is 0 Å². The third kappa shape index (κ3) is 2.62. The second-order valence-corrected chi connectivity index (χ2v) is 4.22. The molecule has 0 aliphatic rings. The van der Waals surface area contributed by atoms with Crippen LogP contribution in [0.3, 0.4) is 0 Å². The third-order valence-electron chi connectivity index (χ3n) is 3.06. The number of benzene rings is 2. The summed E-state index contributed by atoms with van der Waals surface area (Å²) in [5.74, 6) is 0.839. The number of aryl methyl sites for hydroxylation is 1. The van der Waals surface area contributed by atoms with Crippen LogP contribution in [0.1, 0.15) is 16.7 Å². The quantitative estimate of drug-likeness (QED) is 0.594. The Hall–Kier alpha value is -2.03. The molecule has 0 atom stereocenters. The van der Waals surface area contributed by atoms with Crippen molar-refractivity contribution in [1.29, 1.82) is 0 Å². The Balaban J connectivity index is 2.33. The highest BCUT2D eigenvalue weighted by Crippen LogP contribution is 2.22. The van der Waals surface area contributed by atoms with Crippen molar-refractivity contribution in [1.82, 2.24) is 0 Å². The lowest BCUT2D eigenvalue weighted by molar-refractivity contribution is 0.615. The molecule has 0 fully saturated rings. The minimum atomic E-state index is 0.839. The summed E-state index contributed by atoms with van der Waals surface area (Å²) in [5.41, 5.74) is 4.45. The highest BCUT2D eigenvalue weighted by atomic mass is 16.4. The molecule has 0 bridgehead atoms. The van der Waals surface area contributed by atoms with Crippen LogP contribution in [0.5, 0.6) is 5.75 Å². The van der Waals surface area contributed by atoms with Crippen LogP contribution >= 0.6 is 0 Å². The first kappa shape index (κ1) is 12.4. The van der Waals surface area contributed by atoms with E-state index in [0.29, 0.717) is 0 Å². The normalized spacial score (nSPS) is 10.8. The SMILES string of the molecule is BOc1ccccc1/C=N/c1cccc(C)c1C. The maximum atomic E-state index is 5.30. The summed E-state index contributed by atoms with van der Waals surface area (Å²) in [7, 11) is 1.67. The molecule has 0 amide bonds.